The average molecular weight is 255 g/mol. The standard InChI is InChI=1S/C5H5N.CH5P.HI/c1-2-4-6-5-3-1;1-2;/h1-5H;2H2,1H3;1H. The first kappa shape index (κ1) is 12.0. The van der Waals surface area contributed by atoms with Crippen molar-refractivity contribution >= 4 is 33.2 Å². The fourth-order valence-corrected chi connectivity index (χ4v) is 0.313. The second-order valence-corrected chi connectivity index (χ2v) is 1.02. The first-order valence-electron chi connectivity index (χ1n) is 2.43. The van der Waals surface area contributed by atoms with Crippen LogP contribution in [0.1, 0.15) is 0 Å². The van der Waals surface area contributed by atoms with Gasteiger partial charge in [-0.15, -0.1) is 33.2 Å². The zero-order chi connectivity index (χ0) is 6.24. The topological polar surface area (TPSA) is 12.9 Å². The van der Waals surface area contributed by atoms with Gasteiger partial charge >= 0.3 is 0 Å². The van der Waals surface area contributed by atoms with Gasteiger partial charge in [-0.05, 0) is 12.1 Å². The molecule has 1 rings (SSSR count). The number of pyridine rings is 1. The maximum atomic E-state index is 3.78. The summed E-state index contributed by atoms with van der Waals surface area (Å²) in [6.45, 7) is 1.92. The summed E-state index contributed by atoms with van der Waals surface area (Å²) in [5.74, 6) is 0. The van der Waals surface area contributed by atoms with E-state index >= 15 is 0 Å². The van der Waals surface area contributed by atoms with Gasteiger partial charge in [0.2, 0.25) is 0 Å². The van der Waals surface area contributed by atoms with Gasteiger partial charge in [0, 0.05) is 12.4 Å². The van der Waals surface area contributed by atoms with Crippen LogP contribution in [0.3, 0.4) is 0 Å². The van der Waals surface area contributed by atoms with Gasteiger partial charge in [0.15, 0.2) is 0 Å². The molecule has 0 radical (unpaired) electrons. The van der Waals surface area contributed by atoms with Crippen molar-refractivity contribution in [2.24, 2.45) is 0 Å². The Balaban J connectivity index is 0. The Morgan fingerprint density at radius 3 is 1.56 bits per heavy atom. The Morgan fingerprint density at radius 2 is 1.44 bits per heavy atom. The van der Waals surface area contributed by atoms with E-state index in [1.807, 2.05) is 24.9 Å². The molecule has 0 amide bonds. The zero-order valence-electron chi connectivity index (χ0n) is 5.32. The van der Waals surface area contributed by atoms with Crippen molar-refractivity contribution in [2.45, 2.75) is 0 Å². The van der Waals surface area contributed by atoms with Crippen LogP contribution >= 0.6 is 33.2 Å². The van der Waals surface area contributed by atoms with Crippen molar-refractivity contribution in [1.82, 2.24) is 4.98 Å². The molecule has 0 spiro atoms. The van der Waals surface area contributed by atoms with Crippen LogP contribution in [0.5, 0.6) is 0 Å². The smallest absolute Gasteiger partial charge is 0.0267 e. The molecule has 1 aromatic heterocycles. The molecule has 0 aliphatic rings. The average Bonchev–Trinajstić information content (AvgIpc) is 1.96. The van der Waals surface area contributed by atoms with Gasteiger partial charge in [0.1, 0.15) is 0 Å². The molecule has 0 saturated carbocycles. The molecular weight excluding hydrogens is 244 g/mol. The Labute approximate surface area is 75.5 Å². The molecule has 0 bridgehead atoms. The molecular formula is C6H11INP. The number of halogens is 1. The highest BCUT2D eigenvalue weighted by Crippen LogP contribution is 1.73. The zero-order valence-corrected chi connectivity index (χ0v) is 8.80. The van der Waals surface area contributed by atoms with E-state index in [0.717, 1.165) is 0 Å². The largest absolute Gasteiger partial charge is 0.265 e. The predicted octanol–water partition coefficient (Wildman–Crippen LogP) is 2.19. The summed E-state index contributed by atoms with van der Waals surface area (Å²) < 4.78 is 0. The van der Waals surface area contributed by atoms with Crippen molar-refractivity contribution in [3.63, 3.8) is 0 Å². The molecule has 1 nitrogen and oxygen atoms in total. The van der Waals surface area contributed by atoms with Gasteiger partial charge in [0.25, 0.3) is 0 Å². The van der Waals surface area contributed by atoms with Crippen molar-refractivity contribution in [1.29, 1.82) is 0 Å². The van der Waals surface area contributed by atoms with E-state index in [2.05, 4.69) is 14.2 Å². The van der Waals surface area contributed by atoms with E-state index in [4.69, 9.17) is 0 Å². The van der Waals surface area contributed by atoms with Crippen molar-refractivity contribution in [2.75, 3.05) is 6.66 Å². The molecule has 52 valence electrons. The lowest BCUT2D eigenvalue weighted by Gasteiger charge is -1.70. The third-order valence-electron chi connectivity index (χ3n) is 0.566. The van der Waals surface area contributed by atoms with Crippen LogP contribution in [-0.2, 0) is 0 Å². The predicted molar refractivity (Wildman–Crippen MR) is 55.3 cm³/mol. The van der Waals surface area contributed by atoms with Crippen LogP contribution in [0.4, 0.5) is 0 Å². The van der Waals surface area contributed by atoms with E-state index in [0.29, 0.717) is 0 Å². The Bertz CT molecular complexity index is 85.0. The minimum atomic E-state index is 0. The Morgan fingerprint density at radius 1 is 1.00 bits per heavy atom. The summed E-state index contributed by atoms with van der Waals surface area (Å²) in [7, 11) is 2.42. The van der Waals surface area contributed by atoms with Crippen LogP contribution in [0.15, 0.2) is 30.6 Å². The number of hydrogen-bond acceptors (Lipinski definition) is 1. The first-order valence-corrected chi connectivity index (χ1v) is 3.58. The lowest BCUT2D eigenvalue weighted by molar-refractivity contribution is 1.33. The van der Waals surface area contributed by atoms with Crippen LogP contribution in [0, 0.1) is 0 Å². The minimum Gasteiger partial charge on any atom is -0.265 e. The maximum Gasteiger partial charge on any atom is 0.0267 e. The third-order valence-corrected chi connectivity index (χ3v) is 0.566. The van der Waals surface area contributed by atoms with Gasteiger partial charge in [-0.2, -0.15) is 0 Å². The number of aromatic nitrogens is 1. The highest BCUT2D eigenvalue weighted by atomic mass is 127. The number of nitrogens with zero attached hydrogens (tertiary/aromatic N) is 1. The fourth-order valence-electron chi connectivity index (χ4n) is 0.313. The maximum absolute atomic E-state index is 3.78. The van der Waals surface area contributed by atoms with Crippen molar-refractivity contribution in [3.05, 3.63) is 30.6 Å². The monoisotopic (exact) mass is 255 g/mol. The second-order valence-electron chi connectivity index (χ2n) is 1.02. The summed E-state index contributed by atoms with van der Waals surface area (Å²) in [5.41, 5.74) is 0. The molecule has 0 aliphatic carbocycles. The molecule has 0 fully saturated rings. The lowest BCUT2D eigenvalue weighted by Crippen LogP contribution is -1.58. The molecule has 0 aromatic carbocycles. The van der Waals surface area contributed by atoms with Crippen molar-refractivity contribution < 1.29 is 0 Å². The van der Waals surface area contributed by atoms with E-state index < -0.39 is 0 Å². The van der Waals surface area contributed by atoms with E-state index in [1.54, 1.807) is 12.4 Å². The van der Waals surface area contributed by atoms with Gasteiger partial charge in [0.05, 0.1) is 0 Å². The molecule has 1 heterocycles. The molecule has 1 unspecified atom stereocenters. The van der Waals surface area contributed by atoms with Crippen LogP contribution in [0.2, 0.25) is 0 Å². The quantitative estimate of drug-likeness (QED) is 0.511. The SMILES string of the molecule is CP.I.c1ccncc1. The summed E-state index contributed by atoms with van der Waals surface area (Å²) in [5, 5.41) is 0. The summed E-state index contributed by atoms with van der Waals surface area (Å²) >= 11 is 0. The van der Waals surface area contributed by atoms with E-state index in [-0.39, 0.29) is 24.0 Å². The number of rotatable bonds is 0. The van der Waals surface area contributed by atoms with Gasteiger partial charge in [-0.25, -0.2) is 0 Å². The Kier molecular flexibility index (Phi) is 14.9. The highest BCUT2D eigenvalue weighted by molar-refractivity contribution is 14.0. The van der Waals surface area contributed by atoms with Crippen molar-refractivity contribution in [3.8, 4) is 0 Å². The van der Waals surface area contributed by atoms with Crippen LogP contribution < -0.4 is 0 Å². The van der Waals surface area contributed by atoms with Crippen LogP contribution in [-0.4, -0.2) is 11.6 Å². The molecule has 0 saturated heterocycles. The summed E-state index contributed by atoms with van der Waals surface area (Å²) in [6.07, 6.45) is 3.50. The first-order chi connectivity index (χ1) is 4.00. The van der Waals surface area contributed by atoms with Crippen LogP contribution in [0.25, 0.3) is 0 Å². The molecule has 1 aromatic rings. The minimum absolute atomic E-state index is 0. The fraction of sp³-hybridized carbons (Fsp3) is 0.167. The third kappa shape index (κ3) is 8.31. The van der Waals surface area contributed by atoms with Gasteiger partial charge in [-0.3, -0.25) is 4.98 Å². The lowest BCUT2D eigenvalue weighted by atomic mass is 10.5. The molecule has 3 heteroatoms. The Hall–Kier alpha value is 0.310. The van der Waals surface area contributed by atoms with Gasteiger partial charge < -0.3 is 0 Å². The second kappa shape index (κ2) is 11.2. The molecule has 0 aliphatic heterocycles. The highest BCUT2D eigenvalue weighted by Gasteiger charge is 1.58. The van der Waals surface area contributed by atoms with E-state index in [1.165, 1.54) is 0 Å². The normalized spacial score (nSPS) is 6.00. The van der Waals surface area contributed by atoms with Gasteiger partial charge in [-0.1, -0.05) is 12.7 Å². The molecule has 1 atom stereocenters. The molecule has 9 heavy (non-hydrogen) atoms. The summed E-state index contributed by atoms with van der Waals surface area (Å²) in [4.78, 5) is 3.78. The molecule has 0 N–H and O–H groups in total. The number of hydrogen-bond donors (Lipinski definition) is 0. The summed E-state index contributed by atoms with van der Waals surface area (Å²) in [6, 6.07) is 5.72. The van der Waals surface area contributed by atoms with E-state index in [9.17, 15) is 0 Å².